The van der Waals surface area contributed by atoms with Crippen LogP contribution in [0, 0.1) is 6.92 Å². The van der Waals surface area contributed by atoms with E-state index in [1.54, 1.807) is 12.1 Å². The van der Waals surface area contributed by atoms with Crippen LogP contribution < -0.4 is 16.6 Å². The molecule has 0 unspecified atom stereocenters. The minimum atomic E-state index is -1.10. The Hall–Kier alpha value is -3.94. The summed E-state index contributed by atoms with van der Waals surface area (Å²) in [7, 11) is 0. The second-order valence-corrected chi connectivity index (χ2v) is 7.12. The fourth-order valence-electron chi connectivity index (χ4n) is 2.90. The van der Waals surface area contributed by atoms with Crippen molar-refractivity contribution in [2.45, 2.75) is 33.0 Å². The molecule has 0 bridgehead atoms. The van der Waals surface area contributed by atoms with E-state index >= 15 is 0 Å². The molecule has 1 atom stereocenters. The SMILES string of the molecule is Cc1ccc(NC(=O)[C@H](C)OC(=O)Cn2c(=O)ccn(Cc3ccccc3)c2=O)cc1. The number of esters is 1. The Morgan fingerprint density at radius 1 is 1.00 bits per heavy atom. The van der Waals surface area contributed by atoms with Crippen LogP contribution in [-0.2, 0) is 27.4 Å². The third-order valence-electron chi connectivity index (χ3n) is 4.62. The van der Waals surface area contributed by atoms with E-state index in [1.807, 2.05) is 49.4 Å². The van der Waals surface area contributed by atoms with Gasteiger partial charge >= 0.3 is 11.7 Å². The average molecular weight is 421 g/mol. The second kappa shape index (κ2) is 9.71. The molecule has 1 amide bonds. The summed E-state index contributed by atoms with van der Waals surface area (Å²) < 4.78 is 7.24. The van der Waals surface area contributed by atoms with Crippen molar-refractivity contribution in [3.8, 4) is 0 Å². The third kappa shape index (κ3) is 5.79. The standard InChI is InChI=1S/C23H23N3O5/c1-16-8-10-19(11-9-16)24-22(29)17(2)31-21(28)15-26-20(27)12-13-25(23(26)30)14-18-6-4-3-5-7-18/h3-13,17H,14-15H2,1-2H3,(H,24,29)/t17-/m0/s1. The fourth-order valence-corrected chi connectivity index (χ4v) is 2.90. The molecule has 31 heavy (non-hydrogen) atoms. The van der Waals surface area contributed by atoms with Gasteiger partial charge in [-0.05, 0) is 31.5 Å². The molecule has 0 saturated carbocycles. The van der Waals surface area contributed by atoms with Crippen LogP contribution in [0.5, 0.6) is 0 Å². The first-order valence-corrected chi connectivity index (χ1v) is 9.74. The molecule has 0 spiro atoms. The molecule has 3 rings (SSSR count). The van der Waals surface area contributed by atoms with E-state index in [0.717, 1.165) is 15.7 Å². The number of ether oxygens (including phenoxy) is 1. The van der Waals surface area contributed by atoms with Crippen LogP contribution in [0.15, 0.2) is 76.4 Å². The van der Waals surface area contributed by atoms with E-state index in [4.69, 9.17) is 4.74 Å². The maximum absolute atomic E-state index is 12.7. The smallest absolute Gasteiger partial charge is 0.331 e. The molecule has 0 radical (unpaired) electrons. The van der Waals surface area contributed by atoms with Gasteiger partial charge in [0.15, 0.2) is 6.10 Å². The van der Waals surface area contributed by atoms with E-state index in [9.17, 15) is 19.2 Å². The highest BCUT2D eigenvalue weighted by Gasteiger charge is 2.19. The van der Waals surface area contributed by atoms with Gasteiger partial charge in [-0.25, -0.2) is 9.36 Å². The van der Waals surface area contributed by atoms with Gasteiger partial charge in [0.2, 0.25) is 0 Å². The van der Waals surface area contributed by atoms with Crippen molar-refractivity contribution < 1.29 is 14.3 Å². The monoisotopic (exact) mass is 421 g/mol. The normalized spacial score (nSPS) is 11.5. The minimum Gasteiger partial charge on any atom is -0.451 e. The van der Waals surface area contributed by atoms with Crippen LogP contribution in [0.1, 0.15) is 18.1 Å². The largest absolute Gasteiger partial charge is 0.451 e. The van der Waals surface area contributed by atoms with E-state index in [0.29, 0.717) is 5.69 Å². The van der Waals surface area contributed by atoms with E-state index in [1.165, 1.54) is 23.8 Å². The Kier molecular flexibility index (Phi) is 6.81. The van der Waals surface area contributed by atoms with Crippen molar-refractivity contribution in [3.63, 3.8) is 0 Å². The van der Waals surface area contributed by atoms with Crippen LogP contribution in [0.3, 0.4) is 0 Å². The van der Waals surface area contributed by atoms with E-state index in [2.05, 4.69) is 5.32 Å². The molecule has 1 heterocycles. The van der Waals surface area contributed by atoms with Crippen molar-refractivity contribution in [2.75, 3.05) is 5.32 Å². The van der Waals surface area contributed by atoms with Gasteiger partial charge in [0, 0.05) is 18.0 Å². The number of benzene rings is 2. The van der Waals surface area contributed by atoms with Crippen molar-refractivity contribution in [1.82, 2.24) is 9.13 Å². The topological polar surface area (TPSA) is 99.4 Å². The number of hydrogen-bond donors (Lipinski definition) is 1. The molecule has 8 heteroatoms. The van der Waals surface area contributed by atoms with Gasteiger partial charge in [0.25, 0.3) is 11.5 Å². The Bertz CT molecular complexity index is 1180. The van der Waals surface area contributed by atoms with Crippen molar-refractivity contribution in [1.29, 1.82) is 0 Å². The molecule has 0 aliphatic heterocycles. The van der Waals surface area contributed by atoms with Gasteiger partial charge in [0.1, 0.15) is 6.54 Å². The van der Waals surface area contributed by atoms with Crippen LogP contribution >= 0.6 is 0 Å². The van der Waals surface area contributed by atoms with E-state index < -0.39 is 35.8 Å². The summed E-state index contributed by atoms with van der Waals surface area (Å²) in [5.74, 6) is -1.37. The number of carbonyl (C=O) groups is 2. The number of amides is 1. The Balaban J connectivity index is 1.66. The van der Waals surface area contributed by atoms with Gasteiger partial charge in [-0.1, -0.05) is 48.0 Å². The highest BCUT2D eigenvalue weighted by molar-refractivity contribution is 5.95. The van der Waals surface area contributed by atoms with E-state index in [-0.39, 0.29) is 6.54 Å². The zero-order valence-corrected chi connectivity index (χ0v) is 17.3. The molecule has 1 N–H and O–H groups in total. The van der Waals surface area contributed by atoms with Crippen LogP contribution in [-0.4, -0.2) is 27.1 Å². The molecule has 0 aliphatic rings. The number of anilines is 1. The number of aryl methyl sites for hydroxylation is 1. The zero-order valence-electron chi connectivity index (χ0n) is 17.3. The second-order valence-electron chi connectivity index (χ2n) is 7.12. The van der Waals surface area contributed by atoms with Gasteiger partial charge in [-0.2, -0.15) is 0 Å². The summed E-state index contributed by atoms with van der Waals surface area (Å²) in [6.07, 6.45) is 0.289. The minimum absolute atomic E-state index is 0.254. The summed E-state index contributed by atoms with van der Waals surface area (Å²) in [6, 6.07) is 17.6. The molecule has 3 aromatic rings. The molecule has 2 aromatic carbocycles. The lowest BCUT2D eigenvalue weighted by molar-refractivity contribution is -0.153. The van der Waals surface area contributed by atoms with Gasteiger partial charge in [-0.15, -0.1) is 0 Å². The lowest BCUT2D eigenvalue weighted by Gasteiger charge is -2.14. The first kappa shape index (κ1) is 21.8. The quantitative estimate of drug-likeness (QED) is 0.588. The summed E-state index contributed by atoms with van der Waals surface area (Å²) in [5.41, 5.74) is 1.23. The Morgan fingerprint density at radius 3 is 2.35 bits per heavy atom. The number of aromatic nitrogens is 2. The molecular formula is C23H23N3O5. The molecular weight excluding hydrogens is 398 g/mol. The third-order valence-corrected chi connectivity index (χ3v) is 4.62. The lowest BCUT2D eigenvalue weighted by atomic mass is 10.2. The van der Waals surface area contributed by atoms with Crippen LogP contribution in [0.2, 0.25) is 0 Å². The van der Waals surface area contributed by atoms with Crippen molar-refractivity contribution in [3.05, 3.63) is 98.8 Å². The first-order chi connectivity index (χ1) is 14.8. The lowest BCUT2D eigenvalue weighted by Crippen LogP contribution is -2.42. The molecule has 8 nitrogen and oxygen atoms in total. The van der Waals surface area contributed by atoms with Crippen LogP contribution in [0.25, 0.3) is 0 Å². The van der Waals surface area contributed by atoms with Gasteiger partial charge < -0.3 is 10.1 Å². The summed E-state index contributed by atoms with van der Waals surface area (Å²) >= 11 is 0. The maximum atomic E-state index is 12.7. The summed E-state index contributed by atoms with van der Waals surface area (Å²) in [4.78, 5) is 49.3. The number of rotatable bonds is 7. The van der Waals surface area contributed by atoms with Crippen molar-refractivity contribution >= 4 is 17.6 Å². The predicted octanol–water partition coefficient (Wildman–Crippen LogP) is 1.94. The number of nitrogens with one attached hydrogen (secondary N) is 1. The van der Waals surface area contributed by atoms with Gasteiger partial charge in [0.05, 0.1) is 6.54 Å². The van der Waals surface area contributed by atoms with Crippen molar-refractivity contribution in [2.24, 2.45) is 0 Å². The summed E-state index contributed by atoms with van der Waals surface area (Å²) in [5, 5.41) is 2.65. The molecule has 1 aromatic heterocycles. The Morgan fingerprint density at radius 2 is 1.68 bits per heavy atom. The molecule has 160 valence electrons. The number of carbonyl (C=O) groups excluding carboxylic acids is 2. The summed E-state index contributed by atoms with van der Waals surface area (Å²) in [6.45, 7) is 3.01. The highest BCUT2D eigenvalue weighted by Crippen LogP contribution is 2.09. The van der Waals surface area contributed by atoms with Crippen LogP contribution in [0.4, 0.5) is 5.69 Å². The fraction of sp³-hybridized carbons (Fsp3) is 0.217. The first-order valence-electron chi connectivity index (χ1n) is 9.74. The number of hydrogen-bond acceptors (Lipinski definition) is 5. The van der Waals surface area contributed by atoms with Gasteiger partial charge in [-0.3, -0.25) is 19.0 Å². The molecule has 0 aliphatic carbocycles. The maximum Gasteiger partial charge on any atom is 0.331 e. The molecule has 0 saturated heterocycles. The highest BCUT2D eigenvalue weighted by atomic mass is 16.5. The molecule has 0 fully saturated rings. The average Bonchev–Trinajstić information content (AvgIpc) is 2.75. The number of nitrogens with zero attached hydrogens (tertiary/aromatic N) is 2. The predicted molar refractivity (Wildman–Crippen MR) is 116 cm³/mol. The zero-order chi connectivity index (χ0) is 22.4. The Labute approximate surface area is 178 Å².